The molecule has 0 fully saturated rings. The SMILES string of the molecule is N#Cc1ccccc1NCc1ccc(Cl)cc1[N+](=O)[O-]. The van der Waals surface area contributed by atoms with Gasteiger partial charge in [0.2, 0.25) is 0 Å². The summed E-state index contributed by atoms with van der Waals surface area (Å²) >= 11 is 5.76. The number of hydrogen-bond donors (Lipinski definition) is 1. The largest absolute Gasteiger partial charge is 0.380 e. The molecule has 0 amide bonds. The number of nitriles is 1. The highest BCUT2D eigenvalue weighted by atomic mass is 35.5. The zero-order valence-corrected chi connectivity index (χ0v) is 11.1. The third-order valence-electron chi connectivity index (χ3n) is 2.76. The van der Waals surface area contributed by atoms with E-state index in [-0.39, 0.29) is 12.2 Å². The van der Waals surface area contributed by atoms with Crippen LogP contribution in [0.15, 0.2) is 42.5 Å². The number of para-hydroxylation sites is 1. The first kappa shape index (κ1) is 13.8. The highest BCUT2D eigenvalue weighted by molar-refractivity contribution is 6.30. The lowest BCUT2D eigenvalue weighted by Gasteiger charge is -2.08. The van der Waals surface area contributed by atoms with Crippen LogP contribution in [0.4, 0.5) is 11.4 Å². The summed E-state index contributed by atoms with van der Waals surface area (Å²) in [5, 5.41) is 23.3. The number of nitro groups is 1. The van der Waals surface area contributed by atoms with E-state index in [4.69, 9.17) is 16.9 Å². The van der Waals surface area contributed by atoms with Crippen LogP contribution in [0, 0.1) is 21.4 Å². The quantitative estimate of drug-likeness (QED) is 0.686. The van der Waals surface area contributed by atoms with Crippen LogP contribution >= 0.6 is 11.6 Å². The zero-order valence-electron chi connectivity index (χ0n) is 10.3. The first-order valence-electron chi connectivity index (χ1n) is 5.77. The summed E-state index contributed by atoms with van der Waals surface area (Å²) in [5.41, 5.74) is 1.59. The standard InChI is InChI=1S/C14H10ClN3O2/c15-12-6-5-11(14(7-12)18(19)20)9-17-13-4-2-1-3-10(13)8-16/h1-7,17H,9H2. The van der Waals surface area contributed by atoms with Gasteiger partial charge in [-0.05, 0) is 24.3 Å². The molecule has 0 heterocycles. The van der Waals surface area contributed by atoms with Crippen LogP contribution in [-0.2, 0) is 6.54 Å². The second-order valence-corrected chi connectivity index (χ2v) is 4.48. The van der Waals surface area contributed by atoms with Crippen molar-refractivity contribution in [1.29, 1.82) is 5.26 Å². The van der Waals surface area contributed by atoms with Crippen LogP contribution in [-0.4, -0.2) is 4.92 Å². The van der Waals surface area contributed by atoms with Crippen LogP contribution in [0.2, 0.25) is 5.02 Å². The van der Waals surface area contributed by atoms with Gasteiger partial charge in [0, 0.05) is 23.2 Å². The molecule has 1 N–H and O–H groups in total. The Morgan fingerprint density at radius 3 is 2.75 bits per heavy atom. The predicted molar refractivity (Wildman–Crippen MR) is 76.6 cm³/mol. The monoisotopic (exact) mass is 287 g/mol. The van der Waals surface area contributed by atoms with Crippen molar-refractivity contribution in [3.63, 3.8) is 0 Å². The van der Waals surface area contributed by atoms with E-state index in [1.54, 1.807) is 36.4 Å². The average molecular weight is 288 g/mol. The van der Waals surface area contributed by atoms with Gasteiger partial charge >= 0.3 is 0 Å². The number of nitrogens with one attached hydrogen (secondary N) is 1. The van der Waals surface area contributed by atoms with Crippen molar-refractivity contribution in [3.8, 4) is 6.07 Å². The highest BCUT2D eigenvalue weighted by Gasteiger charge is 2.14. The molecule has 20 heavy (non-hydrogen) atoms. The van der Waals surface area contributed by atoms with Gasteiger partial charge in [-0.25, -0.2) is 0 Å². The molecule has 2 aromatic rings. The third kappa shape index (κ3) is 3.05. The fraction of sp³-hybridized carbons (Fsp3) is 0.0714. The van der Waals surface area contributed by atoms with E-state index in [1.165, 1.54) is 6.07 Å². The molecule has 0 saturated heterocycles. The molecule has 0 bridgehead atoms. The number of benzene rings is 2. The smallest absolute Gasteiger partial charge is 0.275 e. The summed E-state index contributed by atoms with van der Waals surface area (Å²) in [6, 6.07) is 13.6. The van der Waals surface area contributed by atoms with Crippen molar-refractivity contribution < 1.29 is 4.92 Å². The van der Waals surface area contributed by atoms with E-state index in [2.05, 4.69) is 11.4 Å². The molecule has 0 spiro atoms. The molecule has 0 unspecified atom stereocenters. The number of rotatable bonds is 4. The molecule has 0 aliphatic heterocycles. The number of hydrogen-bond acceptors (Lipinski definition) is 4. The molecule has 0 radical (unpaired) electrons. The average Bonchev–Trinajstić information content (AvgIpc) is 2.46. The lowest BCUT2D eigenvalue weighted by Crippen LogP contribution is -2.04. The van der Waals surface area contributed by atoms with E-state index in [0.29, 0.717) is 21.8 Å². The topological polar surface area (TPSA) is 79.0 Å². The molecular weight excluding hydrogens is 278 g/mol. The maximum absolute atomic E-state index is 11.0. The molecule has 0 aliphatic rings. The molecular formula is C14H10ClN3O2. The van der Waals surface area contributed by atoms with Crippen molar-refractivity contribution in [2.24, 2.45) is 0 Å². The Labute approximate surface area is 120 Å². The van der Waals surface area contributed by atoms with Gasteiger partial charge in [0.1, 0.15) is 6.07 Å². The predicted octanol–water partition coefficient (Wildman–Crippen LogP) is 3.73. The van der Waals surface area contributed by atoms with Crippen molar-refractivity contribution in [2.75, 3.05) is 5.32 Å². The van der Waals surface area contributed by atoms with E-state index in [9.17, 15) is 10.1 Å². The molecule has 100 valence electrons. The van der Waals surface area contributed by atoms with Gasteiger partial charge < -0.3 is 5.32 Å². The lowest BCUT2D eigenvalue weighted by atomic mass is 10.1. The minimum absolute atomic E-state index is 0.0422. The van der Waals surface area contributed by atoms with Crippen LogP contribution in [0.3, 0.4) is 0 Å². The van der Waals surface area contributed by atoms with Gasteiger partial charge in [-0.1, -0.05) is 23.7 Å². The first-order chi connectivity index (χ1) is 9.61. The molecule has 0 aliphatic carbocycles. The van der Waals surface area contributed by atoms with E-state index in [0.717, 1.165) is 0 Å². The minimum atomic E-state index is -0.473. The summed E-state index contributed by atoms with van der Waals surface area (Å²) in [4.78, 5) is 10.5. The van der Waals surface area contributed by atoms with Gasteiger partial charge in [-0.15, -0.1) is 0 Å². The number of anilines is 1. The van der Waals surface area contributed by atoms with Crippen molar-refractivity contribution >= 4 is 23.0 Å². The number of nitro benzene ring substituents is 1. The Morgan fingerprint density at radius 2 is 2.05 bits per heavy atom. The van der Waals surface area contributed by atoms with Gasteiger partial charge in [-0.2, -0.15) is 5.26 Å². The van der Waals surface area contributed by atoms with Crippen LogP contribution in [0.25, 0.3) is 0 Å². The summed E-state index contributed by atoms with van der Waals surface area (Å²) < 4.78 is 0. The van der Waals surface area contributed by atoms with E-state index >= 15 is 0 Å². The first-order valence-corrected chi connectivity index (χ1v) is 6.15. The third-order valence-corrected chi connectivity index (χ3v) is 3.00. The van der Waals surface area contributed by atoms with Crippen LogP contribution in [0.1, 0.15) is 11.1 Å². The summed E-state index contributed by atoms with van der Waals surface area (Å²) in [5.74, 6) is 0. The Hall–Kier alpha value is -2.58. The second kappa shape index (κ2) is 6.04. The number of nitrogens with zero attached hydrogens (tertiary/aromatic N) is 2. The molecule has 5 nitrogen and oxygen atoms in total. The normalized spacial score (nSPS) is 9.80. The van der Waals surface area contributed by atoms with Gasteiger partial charge in [0.15, 0.2) is 0 Å². The second-order valence-electron chi connectivity index (χ2n) is 4.04. The highest BCUT2D eigenvalue weighted by Crippen LogP contribution is 2.24. The summed E-state index contributed by atoms with van der Waals surface area (Å²) in [6.45, 7) is 0.242. The van der Waals surface area contributed by atoms with Gasteiger partial charge in [0.25, 0.3) is 5.69 Å². The zero-order chi connectivity index (χ0) is 14.5. The molecule has 0 atom stereocenters. The van der Waals surface area contributed by atoms with Crippen LogP contribution in [0.5, 0.6) is 0 Å². The Morgan fingerprint density at radius 1 is 1.30 bits per heavy atom. The Balaban J connectivity index is 2.24. The van der Waals surface area contributed by atoms with Crippen molar-refractivity contribution in [1.82, 2.24) is 0 Å². The van der Waals surface area contributed by atoms with Gasteiger partial charge in [0.05, 0.1) is 16.2 Å². The Bertz CT molecular complexity index is 695. The van der Waals surface area contributed by atoms with Crippen molar-refractivity contribution in [2.45, 2.75) is 6.54 Å². The maximum atomic E-state index is 11.0. The van der Waals surface area contributed by atoms with Gasteiger partial charge in [-0.3, -0.25) is 10.1 Å². The molecule has 0 saturated carbocycles. The van der Waals surface area contributed by atoms with E-state index < -0.39 is 4.92 Å². The lowest BCUT2D eigenvalue weighted by molar-refractivity contribution is -0.385. The fourth-order valence-electron chi connectivity index (χ4n) is 1.78. The Kier molecular flexibility index (Phi) is 4.18. The molecule has 0 aromatic heterocycles. The van der Waals surface area contributed by atoms with Crippen LogP contribution < -0.4 is 5.32 Å². The molecule has 2 rings (SSSR count). The van der Waals surface area contributed by atoms with E-state index in [1.807, 2.05) is 0 Å². The van der Waals surface area contributed by atoms with Crippen molar-refractivity contribution in [3.05, 3.63) is 68.7 Å². The minimum Gasteiger partial charge on any atom is -0.380 e. The number of halogens is 1. The maximum Gasteiger partial charge on any atom is 0.275 e. The molecule has 6 heteroatoms. The summed E-state index contributed by atoms with van der Waals surface area (Å²) in [7, 11) is 0. The molecule has 2 aromatic carbocycles. The fourth-order valence-corrected chi connectivity index (χ4v) is 1.95. The summed E-state index contributed by atoms with van der Waals surface area (Å²) in [6.07, 6.45) is 0.